The third kappa shape index (κ3) is 3.45. The summed E-state index contributed by atoms with van der Waals surface area (Å²) in [6.45, 7) is 1.96. The van der Waals surface area contributed by atoms with E-state index in [9.17, 15) is 8.78 Å². The van der Waals surface area contributed by atoms with Crippen LogP contribution < -0.4 is 4.90 Å². The molecule has 0 amide bonds. The van der Waals surface area contributed by atoms with Crippen LogP contribution in [0.3, 0.4) is 0 Å². The minimum atomic E-state index is -2.70. The van der Waals surface area contributed by atoms with Gasteiger partial charge in [-0.2, -0.15) is 0 Å². The number of aromatic nitrogens is 2. The van der Waals surface area contributed by atoms with E-state index >= 15 is 4.39 Å². The molecule has 144 valence electrons. The molecule has 0 fully saturated rings. The molecule has 7 heteroatoms. The Bertz CT molecular complexity index is 961. The number of alkyl halides is 2. The minimum absolute atomic E-state index is 0.239. The Morgan fingerprint density at radius 1 is 0.929 bits per heavy atom. The predicted molar refractivity (Wildman–Crippen MR) is 102 cm³/mol. The van der Waals surface area contributed by atoms with Crippen molar-refractivity contribution < 1.29 is 13.2 Å². The number of rotatable bonds is 3. The third-order valence-corrected chi connectivity index (χ3v) is 4.90. The zero-order valence-corrected chi connectivity index (χ0v) is 15.3. The number of likely N-dealkylation sites (N-methyl/N-ethyl adjacent to an activating group) is 1. The fraction of sp³-hybridized carbons (Fsp3) is 0.238. The first-order valence-electron chi connectivity index (χ1n) is 8.99. The van der Waals surface area contributed by atoms with Crippen LogP contribution in [0.25, 0.3) is 11.3 Å². The summed E-state index contributed by atoms with van der Waals surface area (Å²) >= 11 is 0. The van der Waals surface area contributed by atoms with Crippen molar-refractivity contribution in [2.75, 3.05) is 25.0 Å². The standard InChI is InChI=1S/C21H19F3N4/c1-27-11-12-28(14-5-3-2-4-6-14)19-10-7-15(20(22)16(19)13-27)17-8-9-18(21(23)24)26-25-17/h2-10,21H,11-13H2,1H3. The third-order valence-electron chi connectivity index (χ3n) is 4.90. The summed E-state index contributed by atoms with van der Waals surface area (Å²) in [6.07, 6.45) is -2.70. The van der Waals surface area contributed by atoms with Crippen LogP contribution in [0.15, 0.2) is 54.6 Å². The summed E-state index contributed by atoms with van der Waals surface area (Å²) in [5.41, 5.74) is 2.43. The first-order valence-corrected chi connectivity index (χ1v) is 8.99. The van der Waals surface area contributed by atoms with E-state index in [2.05, 4.69) is 20.0 Å². The van der Waals surface area contributed by atoms with Gasteiger partial charge in [-0.15, -0.1) is 10.2 Å². The van der Waals surface area contributed by atoms with Crippen molar-refractivity contribution in [2.45, 2.75) is 13.0 Å². The minimum Gasteiger partial charge on any atom is -0.340 e. The molecule has 0 unspecified atom stereocenters. The molecule has 4 nitrogen and oxygen atoms in total. The predicted octanol–water partition coefficient (Wildman–Crippen LogP) is 4.80. The van der Waals surface area contributed by atoms with Crippen molar-refractivity contribution in [1.82, 2.24) is 15.1 Å². The highest BCUT2D eigenvalue weighted by atomic mass is 19.3. The van der Waals surface area contributed by atoms with E-state index in [-0.39, 0.29) is 11.3 Å². The van der Waals surface area contributed by atoms with Crippen LogP contribution in [0.1, 0.15) is 17.7 Å². The van der Waals surface area contributed by atoms with Gasteiger partial charge in [-0.05, 0) is 43.4 Å². The first kappa shape index (κ1) is 18.4. The normalized spacial score (nSPS) is 14.8. The lowest BCUT2D eigenvalue weighted by atomic mass is 10.0. The molecule has 0 N–H and O–H groups in total. The maximum atomic E-state index is 15.5. The van der Waals surface area contributed by atoms with Gasteiger partial charge in [0.15, 0.2) is 0 Å². The summed E-state index contributed by atoms with van der Waals surface area (Å²) in [5, 5.41) is 7.32. The van der Waals surface area contributed by atoms with Gasteiger partial charge in [-0.25, -0.2) is 13.2 Å². The van der Waals surface area contributed by atoms with Gasteiger partial charge in [0, 0.05) is 42.1 Å². The molecule has 4 rings (SSSR count). The average molecular weight is 384 g/mol. The second-order valence-corrected chi connectivity index (χ2v) is 6.79. The lowest BCUT2D eigenvalue weighted by molar-refractivity contribution is 0.145. The Kier molecular flexibility index (Phi) is 5.00. The van der Waals surface area contributed by atoms with Gasteiger partial charge in [-0.3, -0.25) is 0 Å². The lowest BCUT2D eigenvalue weighted by Gasteiger charge is -2.25. The summed E-state index contributed by atoms with van der Waals surface area (Å²) in [4.78, 5) is 4.15. The maximum absolute atomic E-state index is 15.5. The molecule has 0 aliphatic carbocycles. The van der Waals surface area contributed by atoms with Crippen LogP contribution in [0.2, 0.25) is 0 Å². The van der Waals surface area contributed by atoms with Gasteiger partial charge in [0.25, 0.3) is 6.43 Å². The largest absolute Gasteiger partial charge is 0.340 e. The quantitative estimate of drug-likeness (QED) is 0.649. The highest BCUT2D eigenvalue weighted by Gasteiger charge is 2.24. The van der Waals surface area contributed by atoms with Gasteiger partial charge in [-0.1, -0.05) is 18.2 Å². The van der Waals surface area contributed by atoms with Gasteiger partial charge < -0.3 is 9.80 Å². The van der Waals surface area contributed by atoms with Crippen LogP contribution in [0.4, 0.5) is 24.5 Å². The van der Waals surface area contributed by atoms with Crippen molar-refractivity contribution in [3.63, 3.8) is 0 Å². The lowest BCUT2D eigenvalue weighted by Crippen LogP contribution is -2.26. The Morgan fingerprint density at radius 2 is 1.71 bits per heavy atom. The SMILES string of the molecule is CN1CCN(c2ccccc2)c2ccc(-c3ccc(C(F)F)nn3)c(F)c2C1. The maximum Gasteiger partial charge on any atom is 0.282 e. The smallest absolute Gasteiger partial charge is 0.282 e. The number of hydrogen-bond donors (Lipinski definition) is 0. The van der Waals surface area contributed by atoms with E-state index in [0.717, 1.165) is 24.5 Å². The Morgan fingerprint density at radius 3 is 2.39 bits per heavy atom. The van der Waals surface area contributed by atoms with Crippen LogP contribution in [-0.2, 0) is 6.54 Å². The molecule has 1 aliphatic rings. The topological polar surface area (TPSA) is 32.3 Å². The molecule has 2 heterocycles. The number of nitrogens with zero attached hydrogens (tertiary/aromatic N) is 4. The molecule has 0 bridgehead atoms. The molecule has 0 spiro atoms. The van der Waals surface area contributed by atoms with Crippen LogP contribution >= 0.6 is 0 Å². The average Bonchev–Trinajstić information content (AvgIpc) is 2.88. The number of benzene rings is 2. The molecular weight excluding hydrogens is 365 g/mol. The summed E-state index contributed by atoms with van der Waals surface area (Å²) in [7, 11) is 1.95. The molecule has 28 heavy (non-hydrogen) atoms. The van der Waals surface area contributed by atoms with Crippen molar-refractivity contribution >= 4 is 11.4 Å². The molecule has 1 aliphatic heterocycles. The Labute approximate surface area is 161 Å². The zero-order chi connectivity index (χ0) is 19.7. The van der Waals surface area contributed by atoms with E-state index in [1.165, 1.54) is 12.1 Å². The van der Waals surface area contributed by atoms with E-state index in [0.29, 0.717) is 12.1 Å². The van der Waals surface area contributed by atoms with Crippen molar-refractivity contribution in [3.8, 4) is 11.3 Å². The summed E-state index contributed by atoms with van der Waals surface area (Å²) < 4.78 is 40.9. The highest BCUT2D eigenvalue weighted by Crippen LogP contribution is 2.36. The van der Waals surface area contributed by atoms with E-state index < -0.39 is 17.9 Å². The van der Waals surface area contributed by atoms with Crippen LogP contribution in [-0.4, -0.2) is 35.2 Å². The molecule has 0 saturated carbocycles. The monoisotopic (exact) mass is 384 g/mol. The fourth-order valence-electron chi connectivity index (χ4n) is 3.43. The van der Waals surface area contributed by atoms with Crippen molar-refractivity contribution in [2.24, 2.45) is 0 Å². The van der Waals surface area contributed by atoms with E-state index in [1.54, 1.807) is 6.07 Å². The van der Waals surface area contributed by atoms with E-state index in [1.807, 2.05) is 43.4 Å². The first-order chi connectivity index (χ1) is 13.5. The van der Waals surface area contributed by atoms with Gasteiger partial charge in [0.2, 0.25) is 0 Å². The zero-order valence-electron chi connectivity index (χ0n) is 15.3. The van der Waals surface area contributed by atoms with Crippen LogP contribution in [0, 0.1) is 5.82 Å². The number of hydrogen-bond acceptors (Lipinski definition) is 4. The number of halogens is 3. The second kappa shape index (κ2) is 7.59. The molecular formula is C21H19F3N4. The molecule has 1 aromatic heterocycles. The fourth-order valence-corrected chi connectivity index (χ4v) is 3.43. The molecule has 2 aromatic carbocycles. The van der Waals surface area contributed by atoms with Gasteiger partial charge in [0.1, 0.15) is 11.5 Å². The van der Waals surface area contributed by atoms with Gasteiger partial charge in [0.05, 0.1) is 5.69 Å². The number of anilines is 2. The Balaban J connectivity index is 1.79. The molecule has 0 saturated heterocycles. The van der Waals surface area contributed by atoms with Crippen LogP contribution in [0.5, 0.6) is 0 Å². The van der Waals surface area contributed by atoms with Crippen molar-refractivity contribution in [1.29, 1.82) is 0 Å². The number of fused-ring (bicyclic) bond motifs is 1. The molecule has 3 aromatic rings. The Hall–Kier alpha value is -2.93. The summed E-state index contributed by atoms with van der Waals surface area (Å²) in [5.74, 6) is -0.397. The summed E-state index contributed by atoms with van der Waals surface area (Å²) in [6, 6.07) is 15.9. The highest BCUT2D eigenvalue weighted by molar-refractivity contribution is 5.72. The van der Waals surface area contributed by atoms with E-state index in [4.69, 9.17) is 0 Å². The molecule has 0 atom stereocenters. The second-order valence-electron chi connectivity index (χ2n) is 6.79. The van der Waals surface area contributed by atoms with Gasteiger partial charge >= 0.3 is 0 Å². The molecule has 0 radical (unpaired) electrons. The number of para-hydroxylation sites is 1. The van der Waals surface area contributed by atoms with Crippen molar-refractivity contribution in [3.05, 3.63) is 71.7 Å².